The number of hydrogen-bond donors (Lipinski definition) is 5. The van der Waals surface area contributed by atoms with Crippen LogP contribution in [-0.4, -0.2) is 5.11 Å². The highest BCUT2D eigenvalue weighted by Crippen LogP contribution is 2.48. The summed E-state index contributed by atoms with van der Waals surface area (Å²) in [5, 5.41) is 15.0. The average Bonchev–Trinajstić information content (AvgIpc) is 2.67. The largest absolute Gasteiger partial charge is 0.397 e. The van der Waals surface area contributed by atoms with E-state index in [1.165, 1.54) is 12.1 Å². The van der Waals surface area contributed by atoms with Gasteiger partial charge in [-0.15, -0.1) is 0 Å². The highest BCUT2D eigenvalue weighted by molar-refractivity contribution is 5.72. The van der Waals surface area contributed by atoms with Crippen LogP contribution in [0.25, 0.3) is 0 Å². The van der Waals surface area contributed by atoms with Crippen LogP contribution in [0.3, 0.4) is 0 Å². The molecule has 7 N–H and O–H groups in total. The maximum Gasteiger partial charge on any atom is 0.125 e. The number of nitrogen functional groups attached to an aromatic ring is 2. The summed E-state index contributed by atoms with van der Waals surface area (Å²) in [6.45, 7) is 2.60. The zero-order valence-corrected chi connectivity index (χ0v) is 15.5. The highest BCUT2D eigenvalue weighted by Gasteiger charge is 2.43. The van der Waals surface area contributed by atoms with Crippen LogP contribution in [0.4, 0.5) is 15.8 Å². The number of anilines is 2. The maximum atomic E-state index is 14.1. The molecule has 6 heteroatoms. The van der Waals surface area contributed by atoms with Gasteiger partial charge in [0.1, 0.15) is 11.4 Å². The lowest BCUT2D eigenvalue weighted by Gasteiger charge is -2.41. The number of hydrogen-bond acceptors (Lipinski definition) is 5. The van der Waals surface area contributed by atoms with Crippen molar-refractivity contribution in [2.45, 2.75) is 38.3 Å². The maximum absolute atomic E-state index is 14.1. The Bertz CT molecular complexity index is 824. The Morgan fingerprint density at radius 2 is 2.04 bits per heavy atom. The van der Waals surface area contributed by atoms with Crippen molar-refractivity contribution in [1.82, 2.24) is 5.32 Å². The summed E-state index contributed by atoms with van der Waals surface area (Å²) in [6.07, 6.45) is 4.35. The van der Waals surface area contributed by atoms with Gasteiger partial charge in [-0.25, -0.2) is 4.39 Å². The number of benzene rings is 2. The molecule has 27 heavy (non-hydrogen) atoms. The quantitative estimate of drug-likeness (QED) is 0.316. The molecular weight excluding hydrogens is 343 g/mol. The number of rotatable bonds is 5. The van der Waals surface area contributed by atoms with Crippen LogP contribution in [0, 0.1) is 11.7 Å². The summed E-state index contributed by atoms with van der Waals surface area (Å²) in [5.74, 6) is 4.87. The second-order valence-electron chi connectivity index (χ2n) is 7.15. The Kier molecular flexibility index (Phi) is 5.68. The summed E-state index contributed by atoms with van der Waals surface area (Å²) >= 11 is 0. The lowest BCUT2D eigenvalue weighted by atomic mass is 9.69. The van der Waals surface area contributed by atoms with E-state index >= 15 is 0 Å². The Labute approximate surface area is 159 Å². The van der Waals surface area contributed by atoms with Gasteiger partial charge in [0.25, 0.3) is 0 Å². The van der Waals surface area contributed by atoms with Crippen LogP contribution in [0.1, 0.15) is 37.3 Å². The summed E-state index contributed by atoms with van der Waals surface area (Å²) < 4.78 is 14.1. The third-order valence-corrected chi connectivity index (χ3v) is 5.42. The van der Waals surface area contributed by atoms with Gasteiger partial charge in [0.2, 0.25) is 0 Å². The second-order valence-corrected chi connectivity index (χ2v) is 7.15. The van der Waals surface area contributed by atoms with E-state index in [0.29, 0.717) is 18.5 Å². The van der Waals surface area contributed by atoms with Crippen LogP contribution < -0.4 is 22.3 Å². The summed E-state index contributed by atoms with van der Waals surface area (Å²) in [6, 6.07) is 12.5. The van der Waals surface area contributed by atoms with Crippen molar-refractivity contribution >= 4 is 11.4 Å². The fourth-order valence-electron chi connectivity index (χ4n) is 3.88. The van der Waals surface area contributed by atoms with Gasteiger partial charge in [0, 0.05) is 18.2 Å². The van der Waals surface area contributed by atoms with Crippen molar-refractivity contribution in [1.29, 1.82) is 0 Å². The number of nitrogens with one attached hydrogen (secondary N) is 2. The molecule has 0 bridgehead atoms. The normalized spacial score (nSPS) is 24.0. The minimum Gasteiger partial charge on any atom is -0.397 e. The van der Waals surface area contributed by atoms with E-state index in [0.717, 1.165) is 24.0 Å². The first kappa shape index (κ1) is 19.2. The molecule has 2 aromatic rings. The molecular formula is C21H27FN4O. The summed E-state index contributed by atoms with van der Waals surface area (Å²) in [4.78, 5) is 0. The molecule has 0 amide bonds. The molecule has 1 aliphatic rings. The fourth-order valence-corrected chi connectivity index (χ4v) is 3.88. The number of halogens is 1. The topological polar surface area (TPSA) is 96.3 Å². The molecule has 0 aromatic heterocycles. The van der Waals surface area contributed by atoms with E-state index in [-0.39, 0.29) is 17.3 Å². The minimum atomic E-state index is -1.35. The van der Waals surface area contributed by atoms with Gasteiger partial charge in [-0.05, 0) is 48.6 Å². The standard InChI is InChI=1S/C21H27FN4O/c1-14-6-5-9-16(13-25-12-15-7-3-2-4-8-15)21(14,27)18-10-17(22)11-19(26-24)20(18)23/h2-4,7-8,10-11,13-14,25-27H,5-6,9,12,23-24H2,1H3/b16-13+. The molecule has 5 nitrogen and oxygen atoms in total. The van der Waals surface area contributed by atoms with Crippen LogP contribution >= 0.6 is 0 Å². The van der Waals surface area contributed by atoms with E-state index in [1.54, 1.807) is 0 Å². The van der Waals surface area contributed by atoms with Gasteiger partial charge >= 0.3 is 0 Å². The molecule has 0 heterocycles. The molecule has 3 rings (SSSR count). The van der Waals surface area contributed by atoms with Crippen LogP contribution in [0.5, 0.6) is 0 Å². The van der Waals surface area contributed by atoms with Gasteiger partial charge in [-0.2, -0.15) is 0 Å². The predicted molar refractivity (Wildman–Crippen MR) is 107 cm³/mol. The molecule has 1 fully saturated rings. The van der Waals surface area contributed by atoms with E-state index in [1.807, 2.05) is 43.5 Å². The monoisotopic (exact) mass is 370 g/mol. The third-order valence-electron chi connectivity index (χ3n) is 5.42. The Balaban J connectivity index is 1.96. The molecule has 1 saturated carbocycles. The van der Waals surface area contributed by atoms with Crippen LogP contribution in [0.2, 0.25) is 0 Å². The van der Waals surface area contributed by atoms with Crippen molar-refractivity contribution in [3.8, 4) is 0 Å². The lowest BCUT2D eigenvalue weighted by Crippen LogP contribution is -2.40. The third kappa shape index (κ3) is 3.77. The zero-order chi connectivity index (χ0) is 19.4. The summed E-state index contributed by atoms with van der Waals surface area (Å²) in [7, 11) is 0. The van der Waals surface area contributed by atoms with Gasteiger partial charge in [0.05, 0.1) is 11.4 Å². The van der Waals surface area contributed by atoms with E-state index in [9.17, 15) is 9.50 Å². The van der Waals surface area contributed by atoms with Gasteiger partial charge in [-0.1, -0.05) is 37.3 Å². The van der Waals surface area contributed by atoms with Gasteiger partial charge < -0.3 is 21.6 Å². The molecule has 2 unspecified atom stereocenters. The van der Waals surface area contributed by atoms with Crippen molar-refractivity contribution in [3.05, 3.63) is 71.2 Å². The molecule has 1 aliphatic carbocycles. The number of nitrogens with two attached hydrogens (primary N) is 2. The SMILES string of the molecule is CC1CCC/C(=C\NCc2ccccc2)C1(O)c1cc(F)cc(NN)c1N. The Hall–Kier alpha value is -2.57. The summed E-state index contributed by atoms with van der Waals surface area (Å²) in [5.41, 5.74) is 10.1. The number of aliphatic hydroxyl groups is 1. The average molecular weight is 370 g/mol. The van der Waals surface area contributed by atoms with Crippen molar-refractivity contribution < 1.29 is 9.50 Å². The molecule has 0 saturated heterocycles. The molecule has 144 valence electrons. The first-order valence-electron chi connectivity index (χ1n) is 9.22. The predicted octanol–water partition coefficient (Wildman–Crippen LogP) is 3.37. The first-order valence-corrected chi connectivity index (χ1v) is 9.22. The molecule has 0 radical (unpaired) electrons. The van der Waals surface area contributed by atoms with Gasteiger partial charge in [0.15, 0.2) is 0 Å². The first-order chi connectivity index (χ1) is 13.0. The van der Waals surface area contributed by atoms with E-state index in [2.05, 4.69) is 10.7 Å². The van der Waals surface area contributed by atoms with Crippen LogP contribution in [-0.2, 0) is 12.1 Å². The smallest absolute Gasteiger partial charge is 0.125 e. The number of hydrazine groups is 1. The van der Waals surface area contributed by atoms with Crippen molar-refractivity contribution in [3.63, 3.8) is 0 Å². The lowest BCUT2D eigenvalue weighted by molar-refractivity contribution is -0.000549. The van der Waals surface area contributed by atoms with Crippen molar-refractivity contribution in [2.75, 3.05) is 11.2 Å². The molecule has 0 aliphatic heterocycles. The zero-order valence-electron chi connectivity index (χ0n) is 15.5. The van der Waals surface area contributed by atoms with Gasteiger partial charge in [-0.3, -0.25) is 5.84 Å². The second kappa shape index (κ2) is 7.98. The fraction of sp³-hybridized carbons (Fsp3) is 0.333. The molecule has 2 atom stereocenters. The minimum absolute atomic E-state index is 0.106. The Morgan fingerprint density at radius 3 is 2.74 bits per heavy atom. The van der Waals surface area contributed by atoms with E-state index in [4.69, 9.17) is 11.6 Å². The van der Waals surface area contributed by atoms with Crippen LogP contribution in [0.15, 0.2) is 54.2 Å². The molecule has 0 spiro atoms. The van der Waals surface area contributed by atoms with Crippen molar-refractivity contribution in [2.24, 2.45) is 11.8 Å². The Morgan fingerprint density at radius 1 is 1.30 bits per heavy atom. The molecule has 2 aromatic carbocycles. The highest BCUT2D eigenvalue weighted by atomic mass is 19.1. The van der Waals surface area contributed by atoms with E-state index < -0.39 is 11.4 Å².